The summed E-state index contributed by atoms with van der Waals surface area (Å²) in [5.41, 5.74) is 0.479. The molecule has 0 bridgehead atoms. The summed E-state index contributed by atoms with van der Waals surface area (Å²) in [5.74, 6) is -0.346. The normalized spacial score (nSPS) is 9.86. The molecule has 74 valence electrons. The molecule has 0 radical (unpaired) electrons. The van der Waals surface area contributed by atoms with Crippen molar-refractivity contribution in [3.8, 4) is 0 Å². The van der Waals surface area contributed by atoms with Crippen LogP contribution in [0.3, 0.4) is 0 Å². The Bertz CT molecular complexity index is 346. The Morgan fingerprint density at radius 2 is 1.86 bits per heavy atom. The van der Waals surface area contributed by atoms with Crippen LogP contribution in [-0.2, 0) is 4.79 Å². The van der Waals surface area contributed by atoms with Gasteiger partial charge in [-0.1, -0.05) is 0 Å². The number of hydrogen-bond donors (Lipinski definition) is 0. The molecule has 0 spiro atoms. The molecule has 0 fully saturated rings. The summed E-state index contributed by atoms with van der Waals surface area (Å²) in [6, 6.07) is 5.38. The minimum atomic E-state index is -0.361. The van der Waals surface area contributed by atoms with Crippen molar-refractivity contribution >= 4 is 25.4 Å². The maximum absolute atomic E-state index is 12.5. The first-order chi connectivity index (χ1) is 6.59. The van der Waals surface area contributed by atoms with Crippen molar-refractivity contribution < 1.29 is 14.0 Å². The van der Waals surface area contributed by atoms with E-state index in [1.807, 2.05) is 0 Å². The first-order valence-corrected chi connectivity index (χ1v) is 6.08. The molecule has 2 nitrogen and oxygen atoms in total. The average Bonchev–Trinajstić information content (AvgIpc) is 2.15. The van der Waals surface area contributed by atoms with Crippen LogP contribution in [0.1, 0.15) is 17.3 Å². The first kappa shape index (κ1) is 11.1. The summed E-state index contributed by atoms with van der Waals surface area (Å²) >= 11 is -0.357. The van der Waals surface area contributed by atoms with Gasteiger partial charge in [-0.05, 0) is 0 Å². The molecule has 0 amide bonds. The first-order valence-electron chi connectivity index (χ1n) is 4.01. The molecular weight excluding hydrogens is 250 g/mol. The molecule has 0 N–H and O–H groups in total. The van der Waals surface area contributed by atoms with Crippen molar-refractivity contribution in [2.45, 2.75) is 12.2 Å². The van der Waals surface area contributed by atoms with E-state index in [4.69, 9.17) is 0 Å². The molecule has 0 aliphatic carbocycles. The van der Waals surface area contributed by atoms with Crippen molar-refractivity contribution in [1.29, 1.82) is 0 Å². The number of rotatable bonds is 4. The third-order valence-corrected chi connectivity index (χ3v) is 3.69. The van der Waals surface area contributed by atoms with E-state index in [2.05, 4.69) is 0 Å². The topological polar surface area (TPSA) is 34.1 Å². The zero-order valence-corrected chi connectivity index (χ0v) is 9.33. The second-order valence-electron chi connectivity index (χ2n) is 2.79. The fourth-order valence-corrected chi connectivity index (χ4v) is 2.17. The van der Waals surface area contributed by atoms with Gasteiger partial charge in [-0.2, -0.15) is 0 Å². The van der Waals surface area contributed by atoms with Crippen molar-refractivity contribution in [2.24, 2.45) is 0 Å². The van der Waals surface area contributed by atoms with Crippen LogP contribution in [0.5, 0.6) is 0 Å². The van der Waals surface area contributed by atoms with Gasteiger partial charge in [0.05, 0.1) is 0 Å². The van der Waals surface area contributed by atoms with Gasteiger partial charge in [0.15, 0.2) is 0 Å². The SMILES string of the molecule is CC(=O)C[Se]C(=O)c1ccc(F)cc1. The maximum atomic E-state index is 12.5. The van der Waals surface area contributed by atoms with Crippen LogP contribution in [0.15, 0.2) is 24.3 Å². The monoisotopic (exact) mass is 260 g/mol. The molecular formula is C10H9FO2Se. The summed E-state index contributed by atoms with van der Waals surface area (Å²) < 4.78 is 12.4. The number of hydrogen-bond acceptors (Lipinski definition) is 2. The van der Waals surface area contributed by atoms with E-state index in [-0.39, 0.29) is 31.2 Å². The van der Waals surface area contributed by atoms with E-state index in [1.54, 1.807) is 0 Å². The summed E-state index contributed by atoms with van der Waals surface area (Å²) in [4.78, 5) is 22.1. The second-order valence-corrected chi connectivity index (χ2v) is 4.77. The Kier molecular flexibility index (Phi) is 3.98. The zero-order valence-electron chi connectivity index (χ0n) is 7.62. The van der Waals surface area contributed by atoms with Crippen molar-refractivity contribution in [1.82, 2.24) is 0 Å². The van der Waals surface area contributed by atoms with E-state index in [9.17, 15) is 14.0 Å². The molecule has 0 unspecified atom stereocenters. The third kappa shape index (κ3) is 3.40. The Labute approximate surface area is 87.7 Å². The van der Waals surface area contributed by atoms with E-state index >= 15 is 0 Å². The summed E-state index contributed by atoms with van der Waals surface area (Å²) in [7, 11) is 0. The van der Waals surface area contributed by atoms with Crippen LogP contribution in [0.25, 0.3) is 0 Å². The van der Waals surface area contributed by atoms with Crippen LogP contribution in [0, 0.1) is 5.82 Å². The molecule has 1 aromatic carbocycles. The number of carbonyl (C=O) groups is 2. The van der Waals surface area contributed by atoms with E-state index in [0.29, 0.717) is 10.9 Å². The third-order valence-electron chi connectivity index (χ3n) is 1.49. The Hall–Kier alpha value is -0.991. The van der Waals surface area contributed by atoms with Crippen LogP contribution in [0.4, 0.5) is 4.39 Å². The van der Waals surface area contributed by atoms with Crippen LogP contribution in [-0.4, -0.2) is 25.4 Å². The van der Waals surface area contributed by atoms with Gasteiger partial charge in [-0.25, -0.2) is 0 Å². The van der Waals surface area contributed by atoms with Crippen LogP contribution < -0.4 is 0 Å². The standard InChI is InChI=1S/C10H9FO2Se/c1-7(12)6-14-10(13)8-2-4-9(11)5-3-8/h2-5H,6H2,1H3. The molecule has 1 rings (SSSR count). The molecule has 0 saturated heterocycles. The van der Waals surface area contributed by atoms with E-state index < -0.39 is 0 Å². The van der Waals surface area contributed by atoms with Gasteiger partial charge in [0.2, 0.25) is 0 Å². The van der Waals surface area contributed by atoms with Crippen molar-refractivity contribution in [3.05, 3.63) is 35.6 Å². The molecule has 0 aliphatic heterocycles. The number of halogens is 1. The minimum absolute atomic E-state index is 0.0143. The van der Waals surface area contributed by atoms with Crippen molar-refractivity contribution in [2.75, 3.05) is 0 Å². The fraction of sp³-hybridized carbons (Fsp3) is 0.200. The Balaban J connectivity index is 2.61. The zero-order chi connectivity index (χ0) is 10.6. The van der Waals surface area contributed by atoms with Gasteiger partial charge < -0.3 is 0 Å². The number of benzene rings is 1. The Morgan fingerprint density at radius 1 is 1.29 bits per heavy atom. The molecule has 14 heavy (non-hydrogen) atoms. The Morgan fingerprint density at radius 3 is 2.36 bits per heavy atom. The van der Waals surface area contributed by atoms with Gasteiger partial charge in [0.25, 0.3) is 0 Å². The van der Waals surface area contributed by atoms with Crippen molar-refractivity contribution in [3.63, 3.8) is 0 Å². The van der Waals surface area contributed by atoms with Gasteiger partial charge in [-0.3, -0.25) is 0 Å². The quantitative estimate of drug-likeness (QED) is 0.771. The fourth-order valence-electron chi connectivity index (χ4n) is 0.836. The van der Waals surface area contributed by atoms with E-state index in [0.717, 1.165) is 0 Å². The molecule has 0 aromatic heterocycles. The second kappa shape index (κ2) is 5.03. The molecule has 0 saturated carbocycles. The predicted octanol–water partition coefficient (Wildman–Crippen LogP) is 1.68. The summed E-state index contributed by atoms with van der Waals surface area (Å²) in [5, 5.41) is 0.309. The predicted molar refractivity (Wildman–Crippen MR) is 52.0 cm³/mol. The van der Waals surface area contributed by atoms with Crippen LogP contribution >= 0.6 is 0 Å². The number of ketones is 1. The summed E-state index contributed by atoms with van der Waals surface area (Å²) in [6.45, 7) is 1.46. The molecule has 0 aliphatic rings. The van der Waals surface area contributed by atoms with Gasteiger partial charge in [0, 0.05) is 0 Å². The molecule has 1 aromatic rings. The van der Waals surface area contributed by atoms with Crippen LogP contribution in [0.2, 0.25) is 5.32 Å². The molecule has 0 heterocycles. The number of Topliss-reactive ketones (excluding diaryl/α,β-unsaturated/α-hetero) is 1. The van der Waals surface area contributed by atoms with Gasteiger partial charge in [-0.15, -0.1) is 0 Å². The van der Waals surface area contributed by atoms with Gasteiger partial charge in [0.1, 0.15) is 0 Å². The van der Waals surface area contributed by atoms with Gasteiger partial charge >= 0.3 is 87.3 Å². The number of carbonyl (C=O) groups excluding carboxylic acids is 2. The average molecular weight is 259 g/mol. The summed E-state index contributed by atoms with van der Waals surface area (Å²) in [6.07, 6.45) is 0. The molecule has 0 atom stereocenters. The van der Waals surface area contributed by atoms with E-state index in [1.165, 1.54) is 31.2 Å². The molecule has 4 heteroatoms.